The number of hydrogen-bond acceptors (Lipinski definition) is 9. The van der Waals surface area contributed by atoms with Crippen LogP contribution in [0, 0.1) is 17.3 Å². The van der Waals surface area contributed by atoms with Gasteiger partial charge in [0.15, 0.2) is 5.69 Å². The summed E-state index contributed by atoms with van der Waals surface area (Å²) in [5, 5.41) is 16.8. The fourth-order valence-corrected chi connectivity index (χ4v) is 8.32. The first-order chi connectivity index (χ1) is 23.1. The van der Waals surface area contributed by atoms with Crippen molar-refractivity contribution in [1.82, 2.24) is 40.2 Å². The predicted molar refractivity (Wildman–Crippen MR) is 170 cm³/mol. The molecule has 1 saturated carbocycles. The van der Waals surface area contributed by atoms with E-state index in [-0.39, 0.29) is 42.3 Å². The van der Waals surface area contributed by atoms with Crippen molar-refractivity contribution >= 4 is 29.4 Å². The predicted octanol–water partition coefficient (Wildman–Crippen LogP) is 3.09. The van der Waals surface area contributed by atoms with Gasteiger partial charge in [-0.05, 0) is 44.4 Å². The molecule has 5 aliphatic rings. The number of rotatable bonds is 7. The average Bonchev–Trinajstić information content (AvgIpc) is 3.50. The maximum absolute atomic E-state index is 14.3. The van der Waals surface area contributed by atoms with Gasteiger partial charge in [0, 0.05) is 92.3 Å². The van der Waals surface area contributed by atoms with Crippen molar-refractivity contribution in [2.75, 3.05) is 42.9 Å². The number of carbonyl (C=O) groups excluding carboxylic acids is 3. The van der Waals surface area contributed by atoms with Crippen molar-refractivity contribution in [3.8, 4) is 0 Å². The van der Waals surface area contributed by atoms with E-state index in [2.05, 4.69) is 45.7 Å². The highest BCUT2D eigenvalue weighted by molar-refractivity contribution is 6.04. The zero-order chi connectivity index (χ0) is 33.2. The second-order valence-corrected chi connectivity index (χ2v) is 14.4. The van der Waals surface area contributed by atoms with Gasteiger partial charge in [-0.1, -0.05) is 6.92 Å². The number of H-pyrrole nitrogens is 1. The molecular weight excluding hydrogens is 622 g/mol. The van der Waals surface area contributed by atoms with Crippen LogP contribution in [0.5, 0.6) is 0 Å². The summed E-state index contributed by atoms with van der Waals surface area (Å²) in [5.41, 5.74) is 1.70. The third-order valence-electron chi connectivity index (χ3n) is 11.5. The van der Waals surface area contributed by atoms with E-state index in [0.29, 0.717) is 41.7 Å². The number of fused-ring (bicyclic) bond motifs is 2. The Hall–Kier alpha value is -4.27. The number of likely N-dealkylation sites (tertiary alicyclic amines) is 1. The Kier molecular flexibility index (Phi) is 7.57. The number of alkyl halides is 2. The Morgan fingerprint density at radius 3 is 2.52 bits per heavy atom. The lowest BCUT2D eigenvalue weighted by molar-refractivity contribution is -0.134. The van der Waals surface area contributed by atoms with Crippen LogP contribution in [-0.2, 0) is 22.4 Å². The first-order valence-corrected chi connectivity index (χ1v) is 17.0. The van der Waals surface area contributed by atoms with Gasteiger partial charge in [0.05, 0.1) is 23.8 Å². The number of carbonyl (C=O) groups is 3. The van der Waals surface area contributed by atoms with Gasteiger partial charge < -0.3 is 15.1 Å². The van der Waals surface area contributed by atoms with Gasteiger partial charge in [-0.15, -0.1) is 0 Å². The zero-order valence-electron chi connectivity index (χ0n) is 26.9. The minimum Gasteiger partial charge on any atom is -0.341 e. The summed E-state index contributed by atoms with van der Waals surface area (Å²) in [7, 11) is 0. The molecule has 13 nitrogen and oxygen atoms in total. The van der Waals surface area contributed by atoms with Gasteiger partial charge in [0.25, 0.3) is 11.8 Å². The molecular formula is C33H40F2N10O3. The molecule has 15 heteroatoms. The molecule has 0 radical (unpaired) electrons. The van der Waals surface area contributed by atoms with Crippen molar-refractivity contribution in [3.63, 3.8) is 0 Å². The van der Waals surface area contributed by atoms with Crippen LogP contribution < -0.4 is 15.5 Å². The number of aromatic amines is 1. The lowest BCUT2D eigenvalue weighted by Crippen LogP contribution is -2.42. The van der Waals surface area contributed by atoms with E-state index < -0.39 is 23.2 Å². The van der Waals surface area contributed by atoms with Gasteiger partial charge in [0.2, 0.25) is 17.8 Å². The molecule has 0 spiro atoms. The van der Waals surface area contributed by atoms with Crippen molar-refractivity contribution in [2.45, 2.75) is 76.2 Å². The normalized spacial score (nSPS) is 27.7. The molecule has 48 heavy (non-hydrogen) atoms. The minimum absolute atomic E-state index is 0.158. The first kappa shape index (κ1) is 31.0. The highest BCUT2D eigenvalue weighted by Crippen LogP contribution is 2.70. The van der Waals surface area contributed by atoms with E-state index >= 15 is 0 Å². The fraction of sp³-hybridized carbons (Fsp3) is 0.606. The summed E-state index contributed by atoms with van der Waals surface area (Å²) < 4.78 is 30.5. The summed E-state index contributed by atoms with van der Waals surface area (Å²) >= 11 is 0. The van der Waals surface area contributed by atoms with Gasteiger partial charge >= 0.3 is 0 Å². The summed E-state index contributed by atoms with van der Waals surface area (Å²) in [6, 6.07) is 0.238. The summed E-state index contributed by atoms with van der Waals surface area (Å²) in [6.07, 6.45) is 12.1. The molecule has 2 aliphatic carbocycles. The van der Waals surface area contributed by atoms with Crippen LogP contribution in [0.1, 0.15) is 84.7 Å². The number of amides is 3. The highest BCUT2D eigenvalue weighted by atomic mass is 19.3. The molecule has 6 heterocycles. The van der Waals surface area contributed by atoms with E-state index in [1.165, 1.54) is 0 Å². The molecule has 0 bridgehead atoms. The SMILES string of the molecule is C[C@@]12Cc3[nH]nc(C(=O)Nc4cnn(C5CCN(CC6CCN(c7ncc(C8CCC(=O)NC8=O)cn7)CC6)CC5)c4)c3C[C@@H]1C2(F)F. The standard InChI is InChI=1S/C33H40F2N10O3/c1-32-13-25-24(12-26(32)33(32,34)35)28(42-41-25)30(48)39-21-16-38-45(18-21)22-6-8-43(9-7-22)17-19-4-10-44(11-5-19)31-36-14-20(15-37-31)23-2-3-27(46)40-29(23)47/h14-16,18-19,22-23,26H,2-13,17H2,1H3,(H,39,48)(H,41,42)(H,40,46,47)/t23?,26-,32+/m0/s1. The Bertz CT molecular complexity index is 1720. The van der Waals surface area contributed by atoms with E-state index in [4.69, 9.17) is 0 Å². The quantitative estimate of drug-likeness (QED) is 0.324. The van der Waals surface area contributed by atoms with Crippen LogP contribution in [0.25, 0.3) is 0 Å². The van der Waals surface area contributed by atoms with E-state index in [1.54, 1.807) is 25.5 Å². The average molecular weight is 663 g/mol. The van der Waals surface area contributed by atoms with E-state index in [9.17, 15) is 23.2 Å². The van der Waals surface area contributed by atoms with Gasteiger partial charge in [-0.3, -0.25) is 29.5 Å². The summed E-state index contributed by atoms with van der Waals surface area (Å²) in [6.45, 7) is 6.37. The second kappa shape index (κ2) is 11.7. The number of nitrogens with zero attached hydrogens (tertiary/aromatic N) is 7. The maximum atomic E-state index is 14.3. The van der Waals surface area contributed by atoms with Crippen LogP contribution in [0.4, 0.5) is 20.4 Å². The molecule has 3 saturated heterocycles. The van der Waals surface area contributed by atoms with E-state index in [0.717, 1.165) is 64.0 Å². The Balaban J connectivity index is 0.784. The largest absolute Gasteiger partial charge is 0.341 e. The molecule has 3 aromatic heterocycles. The number of halogens is 2. The van der Waals surface area contributed by atoms with Gasteiger partial charge in [-0.25, -0.2) is 18.7 Å². The molecule has 8 rings (SSSR count). The molecule has 254 valence electrons. The van der Waals surface area contributed by atoms with Crippen molar-refractivity contribution in [3.05, 3.63) is 47.3 Å². The molecule has 3 aromatic rings. The number of aromatic nitrogens is 6. The number of nitrogens with one attached hydrogen (secondary N) is 3. The van der Waals surface area contributed by atoms with Gasteiger partial charge in [0.1, 0.15) is 0 Å². The molecule has 3 aliphatic heterocycles. The highest BCUT2D eigenvalue weighted by Gasteiger charge is 2.78. The third kappa shape index (κ3) is 5.45. The van der Waals surface area contributed by atoms with Crippen LogP contribution >= 0.6 is 0 Å². The molecule has 0 aromatic carbocycles. The van der Waals surface area contributed by atoms with Crippen molar-refractivity contribution in [2.24, 2.45) is 17.3 Å². The van der Waals surface area contributed by atoms with Crippen LogP contribution in [-0.4, -0.2) is 91.2 Å². The Morgan fingerprint density at radius 1 is 1.04 bits per heavy atom. The number of hydrogen-bond donors (Lipinski definition) is 3. The van der Waals surface area contributed by atoms with Gasteiger partial charge in [-0.2, -0.15) is 10.2 Å². The Morgan fingerprint density at radius 2 is 1.79 bits per heavy atom. The monoisotopic (exact) mass is 662 g/mol. The lowest BCUT2D eigenvalue weighted by Gasteiger charge is -2.37. The molecule has 3 amide bonds. The smallest absolute Gasteiger partial charge is 0.276 e. The first-order valence-electron chi connectivity index (χ1n) is 17.0. The second-order valence-electron chi connectivity index (χ2n) is 14.4. The van der Waals surface area contributed by atoms with Crippen LogP contribution in [0.3, 0.4) is 0 Å². The fourth-order valence-electron chi connectivity index (χ4n) is 8.32. The molecule has 3 N–H and O–H groups in total. The number of imide groups is 1. The number of anilines is 2. The summed E-state index contributed by atoms with van der Waals surface area (Å²) in [5.74, 6) is -3.46. The lowest BCUT2D eigenvalue weighted by atomic mass is 9.87. The van der Waals surface area contributed by atoms with E-state index in [1.807, 2.05) is 10.9 Å². The molecule has 4 fully saturated rings. The third-order valence-corrected chi connectivity index (χ3v) is 11.5. The minimum atomic E-state index is -2.71. The topological polar surface area (TPSA) is 154 Å². The maximum Gasteiger partial charge on any atom is 0.276 e. The van der Waals surface area contributed by atoms with Crippen LogP contribution in [0.2, 0.25) is 0 Å². The zero-order valence-corrected chi connectivity index (χ0v) is 26.9. The Labute approximate surface area is 276 Å². The van der Waals surface area contributed by atoms with Crippen molar-refractivity contribution < 1.29 is 23.2 Å². The van der Waals surface area contributed by atoms with Crippen LogP contribution in [0.15, 0.2) is 24.8 Å². The summed E-state index contributed by atoms with van der Waals surface area (Å²) in [4.78, 5) is 50.5. The van der Waals surface area contributed by atoms with Crippen molar-refractivity contribution in [1.29, 1.82) is 0 Å². The molecule has 1 unspecified atom stereocenters. The number of piperidine rings is 3. The molecule has 3 atom stereocenters.